The van der Waals surface area contributed by atoms with Crippen LogP contribution in [0.1, 0.15) is 38.3 Å². The van der Waals surface area contributed by atoms with Crippen LogP contribution in [-0.4, -0.2) is 20.4 Å². The van der Waals surface area contributed by atoms with Crippen LogP contribution in [0, 0.1) is 0 Å². The normalized spacial score (nSPS) is 11.5. The van der Waals surface area contributed by atoms with E-state index in [1.807, 2.05) is 54.6 Å². The molecule has 3 rings (SSSR count). The van der Waals surface area contributed by atoms with Crippen LogP contribution in [0.25, 0.3) is 0 Å². The molecule has 0 saturated carbocycles. The van der Waals surface area contributed by atoms with Gasteiger partial charge in [-0.1, -0.05) is 32.9 Å². The van der Waals surface area contributed by atoms with Gasteiger partial charge in [-0.3, -0.25) is 4.99 Å². The molecule has 0 unspecified atom stereocenters. The Labute approximate surface area is 179 Å². The van der Waals surface area contributed by atoms with Crippen LogP contribution in [0.5, 0.6) is 23.0 Å². The van der Waals surface area contributed by atoms with Crippen LogP contribution >= 0.6 is 0 Å². The topological polar surface area (TPSA) is 40.0 Å². The minimum atomic E-state index is 0.173. The van der Waals surface area contributed by atoms with Gasteiger partial charge in [0.15, 0.2) is 11.5 Å². The molecule has 0 spiro atoms. The number of nitrogens with zero attached hydrogens (tertiary/aromatic N) is 1. The number of hydrogen-bond donors (Lipinski definition) is 0. The molecule has 0 aliphatic carbocycles. The number of rotatable bonds is 8. The van der Waals surface area contributed by atoms with Gasteiger partial charge in [-0.25, -0.2) is 0 Å². The molecule has 3 aromatic rings. The first-order valence-electron chi connectivity index (χ1n) is 10.1. The highest BCUT2D eigenvalue weighted by Gasteiger charge is 2.17. The number of methoxy groups -OCH3 is 2. The first-order valence-corrected chi connectivity index (χ1v) is 10.1. The Balaban J connectivity index is 1.66. The van der Waals surface area contributed by atoms with Crippen molar-refractivity contribution in [2.24, 2.45) is 4.99 Å². The third-order valence-electron chi connectivity index (χ3n) is 5.36. The molecule has 0 amide bonds. The van der Waals surface area contributed by atoms with E-state index in [9.17, 15) is 0 Å². The summed E-state index contributed by atoms with van der Waals surface area (Å²) in [6, 6.07) is 21.7. The summed E-state index contributed by atoms with van der Waals surface area (Å²) in [6.45, 7) is 6.72. The van der Waals surface area contributed by atoms with Crippen LogP contribution in [-0.2, 0) is 5.41 Å². The SMILES string of the molecule is CCC(C)(C)c1ccc(Oc2ccc(N=Cc3ccc(OC)c(OC)c3)cc2)cc1. The van der Waals surface area contributed by atoms with Crippen LogP contribution in [0.15, 0.2) is 71.7 Å². The molecular weight excluding hydrogens is 374 g/mol. The minimum Gasteiger partial charge on any atom is -0.493 e. The largest absolute Gasteiger partial charge is 0.493 e. The van der Waals surface area contributed by atoms with Crippen molar-refractivity contribution in [2.75, 3.05) is 14.2 Å². The summed E-state index contributed by atoms with van der Waals surface area (Å²) in [5.74, 6) is 2.98. The predicted octanol–water partition coefficient (Wildman–Crippen LogP) is 6.93. The van der Waals surface area contributed by atoms with Crippen molar-refractivity contribution in [1.82, 2.24) is 0 Å². The summed E-state index contributed by atoms with van der Waals surface area (Å²) in [7, 11) is 3.24. The second kappa shape index (κ2) is 9.49. The molecule has 3 aromatic carbocycles. The quantitative estimate of drug-likeness (QED) is 0.383. The van der Waals surface area contributed by atoms with Gasteiger partial charge in [-0.05, 0) is 77.6 Å². The second-order valence-corrected chi connectivity index (χ2v) is 7.73. The minimum absolute atomic E-state index is 0.173. The maximum Gasteiger partial charge on any atom is 0.161 e. The lowest BCUT2D eigenvalue weighted by Gasteiger charge is -2.23. The first-order chi connectivity index (χ1) is 14.4. The summed E-state index contributed by atoms with van der Waals surface area (Å²) >= 11 is 0. The Morgan fingerprint density at radius 1 is 0.800 bits per heavy atom. The van der Waals surface area contributed by atoms with Gasteiger partial charge in [0.1, 0.15) is 11.5 Å². The Morgan fingerprint density at radius 3 is 1.97 bits per heavy atom. The summed E-state index contributed by atoms with van der Waals surface area (Å²) in [4.78, 5) is 4.53. The van der Waals surface area contributed by atoms with Gasteiger partial charge >= 0.3 is 0 Å². The van der Waals surface area contributed by atoms with E-state index >= 15 is 0 Å². The Kier molecular flexibility index (Phi) is 6.78. The van der Waals surface area contributed by atoms with E-state index in [1.165, 1.54) is 5.56 Å². The standard InChI is InChI=1S/C26H29NO3/c1-6-26(2,3)20-8-12-22(13-9-20)30-23-14-10-21(11-15-23)27-18-19-7-16-24(28-4)25(17-19)29-5/h7-18H,6H2,1-5H3. The van der Waals surface area contributed by atoms with Crippen molar-refractivity contribution in [1.29, 1.82) is 0 Å². The van der Waals surface area contributed by atoms with E-state index in [0.717, 1.165) is 29.2 Å². The van der Waals surface area contributed by atoms with Gasteiger partial charge in [-0.15, -0.1) is 0 Å². The number of aliphatic imine (C=N–C) groups is 1. The molecule has 4 nitrogen and oxygen atoms in total. The Bertz CT molecular complexity index is 990. The van der Waals surface area contributed by atoms with Gasteiger partial charge in [0.05, 0.1) is 19.9 Å². The Morgan fingerprint density at radius 2 is 1.40 bits per heavy atom. The van der Waals surface area contributed by atoms with Gasteiger partial charge in [-0.2, -0.15) is 0 Å². The van der Waals surface area contributed by atoms with Gasteiger partial charge in [0.2, 0.25) is 0 Å². The van der Waals surface area contributed by atoms with E-state index in [-0.39, 0.29) is 5.41 Å². The average Bonchev–Trinajstić information content (AvgIpc) is 2.78. The van der Waals surface area contributed by atoms with Crippen molar-refractivity contribution in [3.8, 4) is 23.0 Å². The fourth-order valence-electron chi connectivity index (χ4n) is 3.00. The summed E-state index contributed by atoms with van der Waals surface area (Å²) < 4.78 is 16.6. The second-order valence-electron chi connectivity index (χ2n) is 7.73. The maximum atomic E-state index is 5.97. The fourth-order valence-corrected chi connectivity index (χ4v) is 3.00. The molecule has 156 valence electrons. The zero-order valence-electron chi connectivity index (χ0n) is 18.3. The highest BCUT2D eigenvalue weighted by atomic mass is 16.5. The molecule has 0 aromatic heterocycles. The average molecular weight is 404 g/mol. The molecule has 4 heteroatoms. The third kappa shape index (κ3) is 5.20. The van der Waals surface area contributed by atoms with Crippen molar-refractivity contribution in [2.45, 2.75) is 32.6 Å². The summed E-state index contributed by atoms with van der Waals surface area (Å²) in [5, 5.41) is 0. The van der Waals surface area contributed by atoms with E-state index in [0.29, 0.717) is 11.5 Å². The zero-order valence-corrected chi connectivity index (χ0v) is 18.3. The molecular formula is C26H29NO3. The number of ether oxygens (including phenoxy) is 3. The highest BCUT2D eigenvalue weighted by molar-refractivity contribution is 5.83. The van der Waals surface area contributed by atoms with E-state index in [4.69, 9.17) is 14.2 Å². The van der Waals surface area contributed by atoms with Gasteiger partial charge < -0.3 is 14.2 Å². The molecule has 0 radical (unpaired) electrons. The molecule has 0 fully saturated rings. The van der Waals surface area contributed by atoms with Crippen molar-refractivity contribution >= 4 is 11.9 Å². The lowest BCUT2D eigenvalue weighted by molar-refractivity contribution is 0.355. The molecule has 0 aliphatic rings. The summed E-state index contributed by atoms with van der Waals surface area (Å²) in [6.07, 6.45) is 2.89. The molecule has 0 bridgehead atoms. The van der Waals surface area contributed by atoms with Crippen LogP contribution in [0.4, 0.5) is 5.69 Å². The molecule has 0 heterocycles. The molecule has 0 saturated heterocycles. The van der Waals surface area contributed by atoms with E-state index in [1.54, 1.807) is 20.4 Å². The fraction of sp³-hybridized carbons (Fsp3) is 0.269. The Hall–Kier alpha value is -3.27. The van der Waals surface area contributed by atoms with Crippen molar-refractivity contribution < 1.29 is 14.2 Å². The summed E-state index contributed by atoms with van der Waals surface area (Å²) in [5.41, 5.74) is 3.27. The first kappa shape index (κ1) is 21.4. The van der Waals surface area contributed by atoms with Crippen molar-refractivity contribution in [3.63, 3.8) is 0 Å². The number of hydrogen-bond acceptors (Lipinski definition) is 4. The van der Waals surface area contributed by atoms with Gasteiger partial charge in [0.25, 0.3) is 0 Å². The molecule has 0 N–H and O–H groups in total. The van der Waals surface area contributed by atoms with E-state index < -0.39 is 0 Å². The lowest BCUT2D eigenvalue weighted by atomic mass is 9.82. The number of benzene rings is 3. The van der Waals surface area contributed by atoms with Crippen LogP contribution in [0.2, 0.25) is 0 Å². The third-order valence-corrected chi connectivity index (χ3v) is 5.36. The van der Waals surface area contributed by atoms with Crippen molar-refractivity contribution in [3.05, 3.63) is 77.9 Å². The molecule has 0 atom stereocenters. The van der Waals surface area contributed by atoms with Crippen LogP contribution < -0.4 is 14.2 Å². The smallest absolute Gasteiger partial charge is 0.161 e. The van der Waals surface area contributed by atoms with Crippen LogP contribution in [0.3, 0.4) is 0 Å². The monoisotopic (exact) mass is 403 g/mol. The molecule has 0 aliphatic heterocycles. The van der Waals surface area contributed by atoms with Gasteiger partial charge in [0, 0.05) is 6.21 Å². The zero-order chi connectivity index (χ0) is 21.6. The molecule has 30 heavy (non-hydrogen) atoms. The maximum absolute atomic E-state index is 5.97. The lowest BCUT2D eigenvalue weighted by Crippen LogP contribution is -2.14. The van der Waals surface area contributed by atoms with E-state index in [2.05, 4.69) is 37.9 Å². The highest BCUT2D eigenvalue weighted by Crippen LogP contribution is 2.30. The predicted molar refractivity (Wildman–Crippen MR) is 123 cm³/mol.